The summed E-state index contributed by atoms with van der Waals surface area (Å²) in [5.41, 5.74) is 2.08. The van der Waals surface area contributed by atoms with Gasteiger partial charge >= 0.3 is 6.09 Å². The molecule has 0 atom stereocenters. The van der Waals surface area contributed by atoms with E-state index in [0.717, 1.165) is 24.8 Å². The van der Waals surface area contributed by atoms with Crippen molar-refractivity contribution in [3.63, 3.8) is 0 Å². The normalized spacial score (nSPS) is 13.7. The Bertz CT molecular complexity index is 718. The highest BCUT2D eigenvalue weighted by molar-refractivity contribution is 5.90. The Morgan fingerprint density at radius 1 is 1.13 bits per heavy atom. The second-order valence-electron chi connectivity index (χ2n) is 5.62. The van der Waals surface area contributed by atoms with Crippen LogP contribution in [0.15, 0.2) is 54.6 Å². The Kier molecular flexibility index (Phi) is 4.58. The van der Waals surface area contributed by atoms with E-state index in [0.29, 0.717) is 11.3 Å². The summed E-state index contributed by atoms with van der Waals surface area (Å²) in [6.45, 7) is 0.234. The number of benzene rings is 2. The molecule has 23 heavy (non-hydrogen) atoms. The van der Waals surface area contributed by atoms with Gasteiger partial charge in [-0.3, -0.25) is 4.90 Å². The van der Waals surface area contributed by atoms with Gasteiger partial charge in [0, 0.05) is 6.04 Å². The molecule has 2 aromatic carbocycles. The summed E-state index contributed by atoms with van der Waals surface area (Å²) in [5.74, 6) is 0. The molecule has 0 aromatic heterocycles. The van der Waals surface area contributed by atoms with Gasteiger partial charge in [-0.25, -0.2) is 4.79 Å². The van der Waals surface area contributed by atoms with Crippen LogP contribution in [-0.2, 0) is 11.3 Å². The minimum atomic E-state index is -0.388. The molecule has 1 aliphatic rings. The lowest BCUT2D eigenvalue weighted by molar-refractivity contribution is 0.141. The second kappa shape index (κ2) is 6.97. The minimum absolute atomic E-state index is 0.118. The average Bonchev–Trinajstić information content (AvgIpc) is 2.56. The van der Waals surface area contributed by atoms with Crippen molar-refractivity contribution in [3.05, 3.63) is 65.7 Å². The number of nitrogens with zero attached hydrogens (tertiary/aromatic N) is 2. The van der Waals surface area contributed by atoms with Gasteiger partial charge in [0.1, 0.15) is 12.7 Å². The van der Waals surface area contributed by atoms with Crippen LogP contribution in [-0.4, -0.2) is 12.1 Å². The quantitative estimate of drug-likeness (QED) is 0.848. The Balaban J connectivity index is 1.79. The molecular weight excluding hydrogens is 288 g/mol. The van der Waals surface area contributed by atoms with Crippen molar-refractivity contribution >= 4 is 11.8 Å². The first-order valence-corrected chi connectivity index (χ1v) is 7.78. The van der Waals surface area contributed by atoms with Crippen LogP contribution in [0.5, 0.6) is 0 Å². The van der Waals surface area contributed by atoms with Crippen LogP contribution in [0.4, 0.5) is 10.5 Å². The zero-order valence-corrected chi connectivity index (χ0v) is 12.8. The molecule has 1 amide bonds. The fourth-order valence-corrected chi connectivity index (χ4v) is 2.66. The zero-order valence-electron chi connectivity index (χ0n) is 12.8. The average molecular weight is 306 g/mol. The molecular formula is C19H18N2O2. The molecule has 2 aromatic rings. The number of amides is 1. The van der Waals surface area contributed by atoms with E-state index < -0.39 is 0 Å². The van der Waals surface area contributed by atoms with Crippen LogP contribution < -0.4 is 4.90 Å². The van der Waals surface area contributed by atoms with Gasteiger partial charge in [-0.1, -0.05) is 42.5 Å². The predicted octanol–water partition coefficient (Wildman–Crippen LogP) is 4.25. The predicted molar refractivity (Wildman–Crippen MR) is 87.9 cm³/mol. The van der Waals surface area contributed by atoms with E-state index in [1.54, 1.807) is 23.1 Å². The number of nitriles is 1. The zero-order chi connectivity index (χ0) is 16.1. The molecule has 0 heterocycles. The van der Waals surface area contributed by atoms with Gasteiger partial charge in [-0.2, -0.15) is 5.26 Å². The van der Waals surface area contributed by atoms with Crippen LogP contribution in [0.2, 0.25) is 0 Å². The fourth-order valence-electron chi connectivity index (χ4n) is 2.66. The van der Waals surface area contributed by atoms with Crippen molar-refractivity contribution in [1.29, 1.82) is 5.26 Å². The molecule has 0 N–H and O–H groups in total. The number of carbonyl (C=O) groups excluding carboxylic acids is 1. The van der Waals surface area contributed by atoms with E-state index in [1.165, 1.54) is 0 Å². The maximum Gasteiger partial charge on any atom is 0.414 e. The van der Waals surface area contributed by atoms with E-state index in [-0.39, 0.29) is 18.7 Å². The van der Waals surface area contributed by atoms with Crippen LogP contribution in [0.25, 0.3) is 0 Å². The summed E-state index contributed by atoms with van der Waals surface area (Å²) in [4.78, 5) is 14.3. The van der Waals surface area contributed by atoms with Crippen molar-refractivity contribution in [1.82, 2.24) is 0 Å². The highest BCUT2D eigenvalue weighted by Gasteiger charge is 2.32. The van der Waals surface area contributed by atoms with Gasteiger partial charge in [0.25, 0.3) is 0 Å². The number of ether oxygens (including phenoxy) is 1. The molecule has 3 rings (SSSR count). The van der Waals surface area contributed by atoms with Gasteiger partial charge in [0.05, 0.1) is 11.3 Å². The molecule has 0 spiro atoms. The van der Waals surface area contributed by atoms with Crippen molar-refractivity contribution in [2.75, 3.05) is 4.90 Å². The molecule has 4 heteroatoms. The summed E-state index contributed by atoms with van der Waals surface area (Å²) in [5, 5.41) is 9.30. The maximum atomic E-state index is 12.6. The van der Waals surface area contributed by atoms with E-state index in [2.05, 4.69) is 6.07 Å². The lowest BCUT2D eigenvalue weighted by Crippen LogP contribution is -2.45. The monoisotopic (exact) mass is 306 g/mol. The second-order valence-corrected chi connectivity index (χ2v) is 5.62. The molecule has 4 nitrogen and oxygen atoms in total. The van der Waals surface area contributed by atoms with Gasteiger partial charge in [0.15, 0.2) is 0 Å². The van der Waals surface area contributed by atoms with Crippen molar-refractivity contribution in [2.24, 2.45) is 0 Å². The molecule has 1 fully saturated rings. The molecule has 0 unspecified atom stereocenters. The Morgan fingerprint density at radius 3 is 2.48 bits per heavy atom. The van der Waals surface area contributed by atoms with Crippen molar-refractivity contribution in [3.8, 4) is 6.07 Å². The standard InChI is InChI=1S/C19H18N2O2/c20-13-16-9-4-5-12-18(16)21(17-10-6-11-17)19(22)23-14-15-7-2-1-3-8-15/h1-5,7-9,12,17H,6,10-11,14H2. The minimum Gasteiger partial charge on any atom is -0.444 e. The number of carbonyl (C=O) groups is 1. The number of para-hydroxylation sites is 1. The van der Waals surface area contributed by atoms with Gasteiger partial charge in [-0.15, -0.1) is 0 Å². The van der Waals surface area contributed by atoms with Crippen LogP contribution >= 0.6 is 0 Å². The Morgan fingerprint density at radius 2 is 1.83 bits per heavy atom. The third-order valence-corrected chi connectivity index (χ3v) is 4.13. The Labute approximate surface area is 135 Å². The smallest absolute Gasteiger partial charge is 0.414 e. The largest absolute Gasteiger partial charge is 0.444 e. The third-order valence-electron chi connectivity index (χ3n) is 4.13. The highest BCUT2D eigenvalue weighted by Crippen LogP contribution is 2.32. The van der Waals surface area contributed by atoms with Gasteiger partial charge in [-0.05, 0) is 37.0 Å². The first-order chi connectivity index (χ1) is 11.3. The van der Waals surface area contributed by atoms with Crippen LogP contribution in [0, 0.1) is 11.3 Å². The first kappa shape index (κ1) is 15.1. The van der Waals surface area contributed by atoms with E-state index in [1.807, 2.05) is 36.4 Å². The lowest BCUT2D eigenvalue weighted by atomic mass is 9.91. The molecule has 0 saturated heterocycles. The van der Waals surface area contributed by atoms with Crippen molar-refractivity contribution < 1.29 is 9.53 Å². The summed E-state index contributed by atoms with van der Waals surface area (Å²) in [7, 11) is 0. The van der Waals surface area contributed by atoms with E-state index in [9.17, 15) is 10.1 Å². The molecule has 0 bridgehead atoms. The van der Waals surface area contributed by atoms with Gasteiger partial charge < -0.3 is 4.74 Å². The fraction of sp³-hybridized carbons (Fsp3) is 0.263. The SMILES string of the molecule is N#Cc1ccccc1N(C(=O)OCc1ccccc1)C1CCC1. The topological polar surface area (TPSA) is 53.3 Å². The summed E-state index contributed by atoms with van der Waals surface area (Å²) >= 11 is 0. The molecule has 0 aliphatic heterocycles. The highest BCUT2D eigenvalue weighted by atomic mass is 16.6. The molecule has 1 saturated carbocycles. The molecule has 116 valence electrons. The van der Waals surface area contributed by atoms with Gasteiger partial charge in [0.2, 0.25) is 0 Å². The molecule has 1 aliphatic carbocycles. The lowest BCUT2D eigenvalue weighted by Gasteiger charge is -2.37. The number of hydrogen-bond donors (Lipinski definition) is 0. The molecule has 0 radical (unpaired) electrons. The third kappa shape index (κ3) is 3.35. The van der Waals surface area contributed by atoms with Crippen LogP contribution in [0.3, 0.4) is 0 Å². The number of rotatable bonds is 4. The van der Waals surface area contributed by atoms with E-state index >= 15 is 0 Å². The summed E-state index contributed by atoms with van der Waals surface area (Å²) in [6, 6.07) is 19.0. The summed E-state index contributed by atoms with van der Waals surface area (Å²) in [6.07, 6.45) is 2.60. The Hall–Kier alpha value is -2.80. The summed E-state index contributed by atoms with van der Waals surface area (Å²) < 4.78 is 5.48. The number of hydrogen-bond acceptors (Lipinski definition) is 3. The first-order valence-electron chi connectivity index (χ1n) is 7.78. The number of anilines is 1. The maximum absolute atomic E-state index is 12.6. The van der Waals surface area contributed by atoms with Crippen LogP contribution in [0.1, 0.15) is 30.4 Å². The van der Waals surface area contributed by atoms with E-state index in [4.69, 9.17) is 4.74 Å². The van der Waals surface area contributed by atoms with Crippen molar-refractivity contribution in [2.45, 2.75) is 31.9 Å².